The molecule has 24 heavy (non-hydrogen) atoms. The molecule has 0 unspecified atom stereocenters. The lowest BCUT2D eigenvalue weighted by molar-refractivity contribution is -0.147. The Bertz CT molecular complexity index is 619. The largest absolute Gasteiger partial charge is 0.507 e. The van der Waals surface area contributed by atoms with Gasteiger partial charge >= 0.3 is 11.9 Å². The Morgan fingerprint density at radius 3 is 2.58 bits per heavy atom. The average Bonchev–Trinajstić information content (AvgIpc) is 2.58. The number of phenolic OH excluding ortho intramolecular Hbond substituents is 1. The third-order valence-electron chi connectivity index (χ3n) is 3.50. The standard InChI is InChI=1S/C16H20ClNO6/c1-4-9(2)14(16(22)23-3)18-13(20)8-24-15(21)11-7-10(17)5-6-12(11)19/h5-7,9,14,19H,4,8H2,1-3H3,(H,18,20)/t9-,14-/m1/s1. The first-order chi connectivity index (χ1) is 11.3. The van der Waals surface area contributed by atoms with E-state index in [1.807, 2.05) is 6.92 Å². The number of amides is 1. The van der Waals surface area contributed by atoms with Crippen LogP contribution in [0.1, 0.15) is 30.6 Å². The van der Waals surface area contributed by atoms with Crippen molar-refractivity contribution in [2.24, 2.45) is 5.92 Å². The minimum atomic E-state index is -0.900. The predicted molar refractivity (Wildman–Crippen MR) is 86.8 cm³/mol. The molecule has 8 heteroatoms. The summed E-state index contributed by atoms with van der Waals surface area (Å²) in [6.45, 7) is 3.06. The van der Waals surface area contributed by atoms with Gasteiger partial charge in [0, 0.05) is 5.02 Å². The van der Waals surface area contributed by atoms with E-state index >= 15 is 0 Å². The van der Waals surface area contributed by atoms with E-state index in [1.54, 1.807) is 6.92 Å². The molecule has 0 saturated heterocycles. The number of halogens is 1. The molecule has 0 aliphatic heterocycles. The fourth-order valence-corrected chi connectivity index (χ4v) is 2.06. The Kier molecular flexibility index (Phi) is 7.51. The maximum Gasteiger partial charge on any atom is 0.342 e. The van der Waals surface area contributed by atoms with Crippen LogP contribution in [0.2, 0.25) is 5.02 Å². The van der Waals surface area contributed by atoms with Crippen LogP contribution in [0.25, 0.3) is 0 Å². The molecule has 0 radical (unpaired) electrons. The molecular formula is C16H20ClNO6. The molecule has 0 spiro atoms. The van der Waals surface area contributed by atoms with E-state index in [4.69, 9.17) is 16.3 Å². The fourth-order valence-electron chi connectivity index (χ4n) is 1.89. The number of methoxy groups -OCH3 is 1. The van der Waals surface area contributed by atoms with E-state index < -0.39 is 30.5 Å². The number of aromatic hydroxyl groups is 1. The molecule has 0 aromatic heterocycles. The molecule has 0 aliphatic rings. The molecule has 132 valence electrons. The van der Waals surface area contributed by atoms with Gasteiger partial charge in [-0.15, -0.1) is 0 Å². The normalized spacial score (nSPS) is 12.8. The maximum atomic E-state index is 11.9. The second kappa shape index (κ2) is 9.12. The summed E-state index contributed by atoms with van der Waals surface area (Å²) in [5, 5.41) is 12.3. The van der Waals surface area contributed by atoms with Crippen molar-refractivity contribution in [1.29, 1.82) is 0 Å². The molecule has 2 N–H and O–H groups in total. The smallest absolute Gasteiger partial charge is 0.342 e. The molecule has 0 bridgehead atoms. The molecule has 1 amide bonds. The molecule has 1 aromatic carbocycles. The van der Waals surface area contributed by atoms with Gasteiger partial charge in [0.2, 0.25) is 0 Å². The summed E-state index contributed by atoms with van der Waals surface area (Å²) in [6.07, 6.45) is 0.649. The van der Waals surface area contributed by atoms with Crippen LogP contribution in [0.5, 0.6) is 5.75 Å². The molecule has 1 aromatic rings. The molecule has 2 atom stereocenters. The monoisotopic (exact) mass is 357 g/mol. The lowest BCUT2D eigenvalue weighted by Gasteiger charge is -2.21. The van der Waals surface area contributed by atoms with E-state index in [0.717, 1.165) is 0 Å². The van der Waals surface area contributed by atoms with Crippen molar-refractivity contribution in [3.05, 3.63) is 28.8 Å². The highest BCUT2D eigenvalue weighted by molar-refractivity contribution is 6.31. The first kappa shape index (κ1) is 19.8. The highest BCUT2D eigenvalue weighted by atomic mass is 35.5. The van der Waals surface area contributed by atoms with Crippen molar-refractivity contribution in [1.82, 2.24) is 5.32 Å². The van der Waals surface area contributed by atoms with Crippen LogP contribution in [0.3, 0.4) is 0 Å². The third kappa shape index (κ3) is 5.42. The van der Waals surface area contributed by atoms with Gasteiger partial charge in [-0.05, 0) is 24.1 Å². The number of carbonyl (C=O) groups is 3. The fraction of sp³-hybridized carbons (Fsp3) is 0.438. The molecule has 0 aliphatic carbocycles. The number of phenols is 1. The number of esters is 2. The van der Waals surface area contributed by atoms with E-state index in [-0.39, 0.29) is 22.3 Å². The first-order valence-electron chi connectivity index (χ1n) is 7.33. The average molecular weight is 358 g/mol. The summed E-state index contributed by atoms with van der Waals surface area (Å²) in [7, 11) is 1.23. The minimum absolute atomic E-state index is 0.144. The van der Waals surface area contributed by atoms with Gasteiger partial charge in [-0.25, -0.2) is 9.59 Å². The van der Waals surface area contributed by atoms with Crippen LogP contribution in [-0.2, 0) is 19.1 Å². The first-order valence-corrected chi connectivity index (χ1v) is 7.70. The van der Waals surface area contributed by atoms with Gasteiger partial charge in [0.15, 0.2) is 6.61 Å². The summed E-state index contributed by atoms with van der Waals surface area (Å²) in [4.78, 5) is 35.5. The van der Waals surface area contributed by atoms with Gasteiger partial charge < -0.3 is 19.9 Å². The molecule has 7 nitrogen and oxygen atoms in total. The van der Waals surface area contributed by atoms with Crippen LogP contribution in [-0.4, -0.2) is 42.7 Å². The van der Waals surface area contributed by atoms with Crippen LogP contribution >= 0.6 is 11.6 Å². The zero-order chi connectivity index (χ0) is 18.3. The van der Waals surface area contributed by atoms with Crippen LogP contribution in [0.15, 0.2) is 18.2 Å². The summed E-state index contributed by atoms with van der Waals surface area (Å²) >= 11 is 5.74. The SMILES string of the molecule is CC[C@@H](C)[C@@H](NC(=O)COC(=O)c1cc(Cl)ccc1O)C(=O)OC. The topological polar surface area (TPSA) is 102 Å². The van der Waals surface area contributed by atoms with E-state index in [9.17, 15) is 19.5 Å². The van der Waals surface area contributed by atoms with Gasteiger partial charge in [0.05, 0.1) is 7.11 Å². The Hall–Kier alpha value is -2.28. The van der Waals surface area contributed by atoms with Crippen LogP contribution < -0.4 is 5.32 Å². The van der Waals surface area contributed by atoms with Crippen molar-refractivity contribution < 1.29 is 29.0 Å². The highest BCUT2D eigenvalue weighted by Crippen LogP contribution is 2.22. The van der Waals surface area contributed by atoms with E-state index in [0.29, 0.717) is 6.42 Å². The third-order valence-corrected chi connectivity index (χ3v) is 3.73. The Morgan fingerprint density at radius 1 is 1.33 bits per heavy atom. The van der Waals surface area contributed by atoms with Gasteiger partial charge in [0.25, 0.3) is 5.91 Å². The molecule has 1 rings (SSSR count). The zero-order valence-electron chi connectivity index (χ0n) is 13.7. The Labute approximate surface area is 144 Å². The number of benzene rings is 1. The summed E-state index contributed by atoms with van der Waals surface area (Å²) < 4.78 is 9.48. The summed E-state index contributed by atoms with van der Waals surface area (Å²) in [6, 6.07) is 3.06. The zero-order valence-corrected chi connectivity index (χ0v) is 14.4. The Morgan fingerprint density at radius 2 is 2.00 bits per heavy atom. The van der Waals surface area contributed by atoms with Gasteiger partial charge in [0.1, 0.15) is 17.4 Å². The molecular weight excluding hydrogens is 338 g/mol. The van der Waals surface area contributed by atoms with E-state index in [1.165, 1.54) is 25.3 Å². The predicted octanol–water partition coefficient (Wildman–Crippen LogP) is 1.91. The number of nitrogens with one attached hydrogen (secondary N) is 1. The number of carbonyl (C=O) groups excluding carboxylic acids is 3. The second-order valence-electron chi connectivity index (χ2n) is 5.19. The van der Waals surface area contributed by atoms with Crippen molar-refractivity contribution in [2.45, 2.75) is 26.3 Å². The van der Waals surface area contributed by atoms with Crippen molar-refractivity contribution in [2.75, 3.05) is 13.7 Å². The number of hydrogen-bond donors (Lipinski definition) is 2. The Balaban J connectivity index is 2.66. The van der Waals surface area contributed by atoms with Gasteiger partial charge in [-0.2, -0.15) is 0 Å². The molecule has 0 heterocycles. The van der Waals surface area contributed by atoms with E-state index in [2.05, 4.69) is 10.1 Å². The lowest BCUT2D eigenvalue weighted by atomic mass is 9.99. The maximum absolute atomic E-state index is 11.9. The summed E-state index contributed by atoms with van der Waals surface area (Å²) in [5.41, 5.74) is -0.151. The van der Waals surface area contributed by atoms with Crippen molar-refractivity contribution in [3.8, 4) is 5.75 Å². The van der Waals surface area contributed by atoms with Crippen LogP contribution in [0.4, 0.5) is 0 Å². The molecule has 0 saturated carbocycles. The van der Waals surface area contributed by atoms with Crippen molar-refractivity contribution in [3.63, 3.8) is 0 Å². The van der Waals surface area contributed by atoms with Gasteiger partial charge in [-0.3, -0.25) is 4.79 Å². The number of hydrogen-bond acceptors (Lipinski definition) is 6. The second-order valence-corrected chi connectivity index (χ2v) is 5.63. The number of rotatable bonds is 7. The quantitative estimate of drug-likeness (QED) is 0.723. The van der Waals surface area contributed by atoms with Crippen molar-refractivity contribution >= 4 is 29.4 Å². The minimum Gasteiger partial charge on any atom is -0.507 e. The summed E-state index contributed by atoms with van der Waals surface area (Å²) in [5.74, 6) is -2.58. The number of ether oxygens (including phenoxy) is 2. The van der Waals surface area contributed by atoms with Gasteiger partial charge in [-0.1, -0.05) is 31.9 Å². The van der Waals surface area contributed by atoms with Crippen LogP contribution in [0, 0.1) is 5.92 Å². The molecule has 0 fully saturated rings. The lowest BCUT2D eigenvalue weighted by Crippen LogP contribution is -2.47. The highest BCUT2D eigenvalue weighted by Gasteiger charge is 2.27.